The van der Waals surface area contributed by atoms with E-state index in [1.54, 1.807) is 0 Å². The van der Waals surface area contributed by atoms with Gasteiger partial charge in [-0.05, 0) is 64.7 Å². The van der Waals surface area contributed by atoms with E-state index in [9.17, 15) is 5.26 Å². The summed E-state index contributed by atoms with van der Waals surface area (Å²) in [5, 5.41) is 12.5. The van der Waals surface area contributed by atoms with E-state index in [-0.39, 0.29) is 0 Å². The van der Waals surface area contributed by atoms with E-state index in [0.717, 1.165) is 55.7 Å². The number of hydrogen-bond acceptors (Lipinski definition) is 4. The summed E-state index contributed by atoms with van der Waals surface area (Å²) in [4.78, 5) is 14.7. The Morgan fingerprint density at radius 3 is 1.35 bits per heavy atom. The van der Waals surface area contributed by atoms with Crippen molar-refractivity contribution < 1.29 is 0 Å². The molecule has 0 radical (unpaired) electrons. The molecule has 0 aliphatic rings. The lowest BCUT2D eigenvalue weighted by atomic mass is 9.96. The largest absolute Gasteiger partial charge is 0.309 e. The lowest BCUT2D eigenvalue weighted by molar-refractivity contribution is 1.07. The molecule has 9 rings (SSSR count). The Morgan fingerprint density at radius 2 is 0.804 bits per heavy atom. The molecule has 0 bridgehead atoms. The number of hydrogen-bond donors (Lipinski definition) is 0. The van der Waals surface area contributed by atoms with E-state index in [4.69, 9.17) is 15.0 Å². The highest BCUT2D eigenvalue weighted by Gasteiger charge is 2.15. The summed E-state index contributed by atoms with van der Waals surface area (Å²) in [7, 11) is 0. The van der Waals surface area contributed by atoms with Crippen molar-refractivity contribution in [3.05, 3.63) is 181 Å². The van der Waals surface area contributed by atoms with Gasteiger partial charge in [0.25, 0.3) is 0 Å². The van der Waals surface area contributed by atoms with Gasteiger partial charge < -0.3 is 4.57 Å². The summed E-state index contributed by atoms with van der Waals surface area (Å²) in [5.41, 5.74) is 10.6. The molecular formula is C46H29N5. The van der Waals surface area contributed by atoms with Crippen molar-refractivity contribution in [3.63, 3.8) is 0 Å². The molecule has 5 nitrogen and oxygen atoms in total. The number of rotatable bonds is 6. The number of para-hydroxylation sites is 2. The molecule has 7 aromatic carbocycles. The number of nitrogens with zero attached hydrogens (tertiary/aromatic N) is 5. The molecule has 238 valence electrons. The van der Waals surface area contributed by atoms with Crippen LogP contribution in [0.2, 0.25) is 0 Å². The zero-order valence-corrected chi connectivity index (χ0v) is 27.5. The van der Waals surface area contributed by atoms with Crippen molar-refractivity contribution in [3.8, 4) is 68.2 Å². The van der Waals surface area contributed by atoms with Gasteiger partial charge in [-0.25, -0.2) is 15.0 Å². The molecule has 2 heterocycles. The van der Waals surface area contributed by atoms with E-state index in [1.165, 1.54) is 10.8 Å². The summed E-state index contributed by atoms with van der Waals surface area (Å²) in [6.07, 6.45) is 0. The Labute approximate surface area is 295 Å². The van der Waals surface area contributed by atoms with Crippen molar-refractivity contribution >= 4 is 21.8 Å². The van der Waals surface area contributed by atoms with Gasteiger partial charge in [0.15, 0.2) is 17.5 Å². The monoisotopic (exact) mass is 651 g/mol. The van der Waals surface area contributed by atoms with Crippen molar-refractivity contribution in [1.82, 2.24) is 19.5 Å². The predicted molar refractivity (Wildman–Crippen MR) is 206 cm³/mol. The molecule has 0 saturated heterocycles. The van der Waals surface area contributed by atoms with Gasteiger partial charge in [0.2, 0.25) is 0 Å². The van der Waals surface area contributed by atoms with Crippen LogP contribution in [0.1, 0.15) is 5.56 Å². The Balaban J connectivity index is 1.13. The second-order valence-electron chi connectivity index (χ2n) is 12.4. The third-order valence-electron chi connectivity index (χ3n) is 9.23. The molecule has 0 aliphatic heterocycles. The first-order valence-corrected chi connectivity index (χ1v) is 16.8. The SMILES string of the molecule is N#Cc1cc(-c2cccc(-c3cccc(-c4nc(-c5ccccc5)nc(-c5ccccc5)n4)c3)c2)cc(-n2c3ccccc3c3ccccc32)c1. The highest BCUT2D eigenvalue weighted by atomic mass is 15.0. The first-order chi connectivity index (χ1) is 25.2. The minimum atomic E-state index is 0.607. The molecule has 0 aliphatic carbocycles. The van der Waals surface area contributed by atoms with Gasteiger partial charge in [-0.2, -0.15) is 5.26 Å². The second kappa shape index (κ2) is 12.7. The van der Waals surface area contributed by atoms with Crippen LogP contribution < -0.4 is 0 Å². The van der Waals surface area contributed by atoms with Gasteiger partial charge in [-0.15, -0.1) is 0 Å². The van der Waals surface area contributed by atoms with Crippen LogP contribution in [0.15, 0.2) is 176 Å². The summed E-state index contributed by atoms with van der Waals surface area (Å²) in [6.45, 7) is 0. The summed E-state index contributed by atoms with van der Waals surface area (Å²) >= 11 is 0. The Morgan fingerprint density at radius 1 is 0.373 bits per heavy atom. The normalized spacial score (nSPS) is 11.1. The lowest BCUT2D eigenvalue weighted by Crippen LogP contribution is -2.00. The smallest absolute Gasteiger partial charge is 0.164 e. The zero-order valence-electron chi connectivity index (χ0n) is 27.5. The number of aromatic nitrogens is 4. The van der Waals surface area contributed by atoms with Crippen molar-refractivity contribution in [2.45, 2.75) is 0 Å². The fourth-order valence-corrected chi connectivity index (χ4v) is 6.83. The van der Waals surface area contributed by atoms with Crippen molar-refractivity contribution in [2.75, 3.05) is 0 Å². The summed E-state index contributed by atoms with van der Waals surface area (Å²) < 4.78 is 2.25. The average Bonchev–Trinajstić information content (AvgIpc) is 3.56. The molecular weight excluding hydrogens is 623 g/mol. The number of fused-ring (bicyclic) bond motifs is 3. The van der Waals surface area contributed by atoms with Crippen LogP contribution in [-0.2, 0) is 0 Å². The number of nitriles is 1. The molecule has 0 spiro atoms. The maximum Gasteiger partial charge on any atom is 0.164 e. The molecule has 9 aromatic rings. The summed E-state index contributed by atoms with van der Waals surface area (Å²) in [5.74, 6) is 1.87. The molecule has 0 fully saturated rings. The van der Waals surface area contributed by atoms with Crippen LogP contribution in [0.5, 0.6) is 0 Å². The molecule has 0 amide bonds. The van der Waals surface area contributed by atoms with E-state index >= 15 is 0 Å². The van der Waals surface area contributed by atoms with Crippen LogP contribution >= 0.6 is 0 Å². The van der Waals surface area contributed by atoms with Gasteiger partial charge in [-0.1, -0.05) is 133 Å². The lowest BCUT2D eigenvalue weighted by Gasteiger charge is -2.13. The third-order valence-corrected chi connectivity index (χ3v) is 9.23. The highest BCUT2D eigenvalue weighted by molar-refractivity contribution is 6.09. The molecule has 0 atom stereocenters. The Hall–Kier alpha value is -7.16. The molecule has 0 saturated carbocycles. The van der Waals surface area contributed by atoms with Crippen LogP contribution in [0.25, 0.3) is 83.9 Å². The molecule has 0 unspecified atom stereocenters. The fraction of sp³-hybridized carbons (Fsp3) is 0. The van der Waals surface area contributed by atoms with Gasteiger partial charge in [-0.3, -0.25) is 0 Å². The minimum Gasteiger partial charge on any atom is -0.309 e. The van der Waals surface area contributed by atoms with Gasteiger partial charge >= 0.3 is 0 Å². The Kier molecular flexibility index (Phi) is 7.46. The van der Waals surface area contributed by atoms with E-state index in [1.807, 2.05) is 84.9 Å². The Bertz CT molecular complexity index is 2650. The predicted octanol–water partition coefficient (Wildman–Crippen LogP) is 11.2. The minimum absolute atomic E-state index is 0.607. The van der Waals surface area contributed by atoms with Crippen molar-refractivity contribution in [2.24, 2.45) is 0 Å². The molecule has 51 heavy (non-hydrogen) atoms. The fourth-order valence-electron chi connectivity index (χ4n) is 6.83. The summed E-state index contributed by atoms with van der Waals surface area (Å²) in [6, 6.07) is 62.2. The third kappa shape index (κ3) is 5.61. The van der Waals surface area contributed by atoms with E-state index in [2.05, 4.69) is 102 Å². The average molecular weight is 652 g/mol. The molecule has 2 aromatic heterocycles. The quantitative estimate of drug-likeness (QED) is 0.179. The van der Waals surface area contributed by atoms with Crippen molar-refractivity contribution in [1.29, 1.82) is 5.26 Å². The van der Waals surface area contributed by atoms with E-state index in [0.29, 0.717) is 23.0 Å². The van der Waals surface area contributed by atoms with Gasteiger partial charge in [0.05, 0.1) is 22.7 Å². The van der Waals surface area contributed by atoms with Crippen LogP contribution in [-0.4, -0.2) is 19.5 Å². The maximum atomic E-state index is 10.1. The zero-order chi connectivity index (χ0) is 34.1. The van der Waals surface area contributed by atoms with Gasteiger partial charge in [0.1, 0.15) is 0 Å². The van der Waals surface area contributed by atoms with Gasteiger partial charge in [0, 0.05) is 33.2 Å². The first kappa shape index (κ1) is 29.9. The van der Waals surface area contributed by atoms with Crippen LogP contribution in [0, 0.1) is 11.3 Å². The molecule has 5 heteroatoms. The molecule has 0 N–H and O–H groups in total. The number of benzene rings is 7. The van der Waals surface area contributed by atoms with Crippen LogP contribution in [0.4, 0.5) is 0 Å². The highest BCUT2D eigenvalue weighted by Crippen LogP contribution is 2.35. The van der Waals surface area contributed by atoms with E-state index < -0.39 is 0 Å². The topological polar surface area (TPSA) is 67.4 Å². The standard InChI is InChI=1S/C46H29N5/c47-30-31-25-38(29-39(26-31)51-42-23-9-7-21-40(42)41-22-8-10-24-43(41)51)36-19-11-17-34(27-36)35-18-12-20-37(28-35)46-49-44(32-13-3-1-4-14-32)48-45(50-46)33-15-5-2-6-16-33/h1-29H. The maximum absolute atomic E-state index is 10.1. The second-order valence-corrected chi connectivity index (χ2v) is 12.4. The first-order valence-electron chi connectivity index (χ1n) is 16.8. The van der Waals surface area contributed by atoms with Crippen LogP contribution in [0.3, 0.4) is 0 Å².